The van der Waals surface area contributed by atoms with Gasteiger partial charge in [0.25, 0.3) is 0 Å². The standard InChI is InChI=1S/C16H23N5O2S/c1-13-15(12-19(2)18-13)24(22,23)20(3)14-7-6-10-21(11-14)16-8-4-5-9-17-16/h4-5,8-9,12,14H,6-7,10-11H2,1-3H3/t14-/m1/s1. The fourth-order valence-corrected chi connectivity index (χ4v) is 4.76. The summed E-state index contributed by atoms with van der Waals surface area (Å²) in [6.07, 6.45) is 5.12. The minimum Gasteiger partial charge on any atom is -0.355 e. The van der Waals surface area contributed by atoms with Gasteiger partial charge < -0.3 is 4.90 Å². The van der Waals surface area contributed by atoms with Gasteiger partial charge in [0.15, 0.2) is 0 Å². The molecule has 1 aliphatic heterocycles. The summed E-state index contributed by atoms with van der Waals surface area (Å²) in [4.78, 5) is 6.81. The molecule has 1 saturated heterocycles. The number of nitrogens with zero attached hydrogens (tertiary/aromatic N) is 5. The van der Waals surface area contributed by atoms with Crippen LogP contribution in [0.5, 0.6) is 0 Å². The third kappa shape index (κ3) is 3.16. The quantitative estimate of drug-likeness (QED) is 0.835. The van der Waals surface area contributed by atoms with Crippen LogP contribution in [0.25, 0.3) is 0 Å². The minimum atomic E-state index is -3.55. The molecule has 24 heavy (non-hydrogen) atoms. The van der Waals surface area contributed by atoms with Crippen molar-refractivity contribution in [1.82, 2.24) is 19.1 Å². The summed E-state index contributed by atoms with van der Waals surface area (Å²) in [5, 5.41) is 4.16. The van der Waals surface area contributed by atoms with Gasteiger partial charge in [0.2, 0.25) is 10.0 Å². The first-order valence-electron chi connectivity index (χ1n) is 8.04. The van der Waals surface area contributed by atoms with Crippen LogP contribution >= 0.6 is 0 Å². The fraction of sp³-hybridized carbons (Fsp3) is 0.500. The number of sulfonamides is 1. The Labute approximate surface area is 143 Å². The van der Waals surface area contributed by atoms with Gasteiger partial charge in [-0.15, -0.1) is 0 Å². The van der Waals surface area contributed by atoms with Crippen molar-refractivity contribution in [2.75, 3.05) is 25.0 Å². The average Bonchev–Trinajstić information content (AvgIpc) is 2.94. The van der Waals surface area contributed by atoms with E-state index in [0.29, 0.717) is 12.2 Å². The van der Waals surface area contributed by atoms with E-state index in [-0.39, 0.29) is 10.9 Å². The van der Waals surface area contributed by atoms with Crippen molar-refractivity contribution in [3.8, 4) is 0 Å². The van der Waals surface area contributed by atoms with Crippen molar-refractivity contribution < 1.29 is 8.42 Å². The van der Waals surface area contributed by atoms with Crippen LogP contribution in [0.3, 0.4) is 0 Å². The third-order valence-corrected chi connectivity index (χ3v) is 6.52. The summed E-state index contributed by atoms with van der Waals surface area (Å²) in [7, 11) is -0.158. The van der Waals surface area contributed by atoms with E-state index in [2.05, 4.69) is 15.0 Å². The van der Waals surface area contributed by atoms with Gasteiger partial charge in [-0.25, -0.2) is 13.4 Å². The lowest BCUT2D eigenvalue weighted by Crippen LogP contribution is -2.48. The molecule has 0 spiro atoms. The molecule has 3 heterocycles. The lowest BCUT2D eigenvalue weighted by molar-refractivity contribution is 0.319. The Bertz CT molecular complexity index is 803. The van der Waals surface area contributed by atoms with Crippen molar-refractivity contribution in [1.29, 1.82) is 0 Å². The SMILES string of the molecule is Cc1nn(C)cc1S(=O)(=O)N(C)[C@@H]1CCCN(c2ccccn2)C1. The number of rotatable bonds is 4. The number of hydrogen-bond donors (Lipinski definition) is 0. The van der Waals surface area contributed by atoms with Crippen LogP contribution in [-0.4, -0.2) is 53.7 Å². The van der Waals surface area contributed by atoms with Gasteiger partial charge >= 0.3 is 0 Å². The van der Waals surface area contributed by atoms with Crippen molar-refractivity contribution >= 4 is 15.8 Å². The van der Waals surface area contributed by atoms with E-state index < -0.39 is 10.0 Å². The Balaban J connectivity index is 1.81. The van der Waals surface area contributed by atoms with Gasteiger partial charge in [0.1, 0.15) is 10.7 Å². The van der Waals surface area contributed by atoms with Crippen molar-refractivity contribution in [2.45, 2.75) is 30.7 Å². The molecule has 0 aromatic carbocycles. The minimum absolute atomic E-state index is 0.0784. The summed E-state index contributed by atoms with van der Waals surface area (Å²) in [5.41, 5.74) is 0.529. The highest BCUT2D eigenvalue weighted by atomic mass is 32.2. The van der Waals surface area contributed by atoms with Crippen LogP contribution in [0.15, 0.2) is 35.5 Å². The highest BCUT2D eigenvalue weighted by Crippen LogP contribution is 2.25. The normalized spacial score (nSPS) is 19.0. The number of piperidine rings is 1. The predicted octanol–water partition coefficient (Wildman–Crippen LogP) is 1.41. The van der Waals surface area contributed by atoms with Crippen LogP contribution < -0.4 is 4.90 Å². The molecule has 0 bridgehead atoms. The van der Waals surface area contributed by atoms with Crippen LogP contribution in [0.4, 0.5) is 5.82 Å². The highest BCUT2D eigenvalue weighted by Gasteiger charge is 2.33. The fourth-order valence-electron chi connectivity index (χ4n) is 3.18. The molecule has 0 aliphatic carbocycles. The Kier molecular flexibility index (Phi) is 4.60. The first-order valence-corrected chi connectivity index (χ1v) is 9.48. The second kappa shape index (κ2) is 6.52. The van der Waals surface area contributed by atoms with Gasteiger partial charge in [-0.2, -0.15) is 9.40 Å². The number of hydrogen-bond acceptors (Lipinski definition) is 5. The van der Waals surface area contributed by atoms with Gasteiger partial charge in [0, 0.05) is 45.6 Å². The van der Waals surface area contributed by atoms with Crippen molar-refractivity contribution in [2.24, 2.45) is 7.05 Å². The maximum Gasteiger partial charge on any atom is 0.246 e. The smallest absolute Gasteiger partial charge is 0.246 e. The lowest BCUT2D eigenvalue weighted by atomic mass is 10.1. The molecule has 0 N–H and O–H groups in total. The number of pyridine rings is 1. The first-order chi connectivity index (χ1) is 11.4. The number of likely N-dealkylation sites (N-methyl/N-ethyl adjacent to an activating group) is 1. The molecule has 2 aromatic heterocycles. The summed E-state index contributed by atoms with van der Waals surface area (Å²) >= 11 is 0. The lowest BCUT2D eigenvalue weighted by Gasteiger charge is -2.37. The zero-order valence-corrected chi connectivity index (χ0v) is 15.1. The first kappa shape index (κ1) is 16.9. The Morgan fingerprint density at radius 1 is 1.33 bits per heavy atom. The molecule has 7 nitrogen and oxygen atoms in total. The van der Waals surface area contributed by atoms with E-state index in [4.69, 9.17) is 0 Å². The number of aromatic nitrogens is 3. The summed E-state index contributed by atoms with van der Waals surface area (Å²) in [6.45, 7) is 3.27. The molecule has 0 unspecified atom stereocenters. The van der Waals surface area contributed by atoms with Crippen molar-refractivity contribution in [3.05, 3.63) is 36.3 Å². The topological polar surface area (TPSA) is 71.3 Å². The van der Waals surface area contributed by atoms with E-state index in [1.165, 1.54) is 8.99 Å². The van der Waals surface area contributed by atoms with E-state index in [0.717, 1.165) is 25.2 Å². The van der Waals surface area contributed by atoms with E-state index >= 15 is 0 Å². The van der Waals surface area contributed by atoms with Gasteiger partial charge in [-0.3, -0.25) is 4.68 Å². The van der Waals surface area contributed by atoms with Gasteiger partial charge in [-0.1, -0.05) is 6.07 Å². The number of anilines is 1. The van der Waals surface area contributed by atoms with Gasteiger partial charge in [0.05, 0.1) is 5.69 Å². The van der Waals surface area contributed by atoms with E-state index in [9.17, 15) is 8.42 Å². The second-order valence-corrected chi connectivity index (χ2v) is 8.17. The summed E-state index contributed by atoms with van der Waals surface area (Å²) in [6, 6.07) is 5.71. The monoisotopic (exact) mass is 349 g/mol. The van der Waals surface area contributed by atoms with Crippen LogP contribution in [0, 0.1) is 6.92 Å². The molecule has 130 valence electrons. The molecule has 1 fully saturated rings. The number of aryl methyl sites for hydroxylation is 2. The van der Waals surface area contributed by atoms with E-state index in [1.807, 2.05) is 18.2 Å². The Morgan fingerprint density at radius 3 is 2.75 bits per heavy atom. The zero-order valence-electron chi connectivity index (χ0n) is 14.3. The maximum absolute atomic E-state index is 12.9. The summed E-state index contributed by atoms with van der Waals surface area (Å²) in [5.74, 6) is 0.894. The van der Waals surface area contributed by atoms with Crippen LogP contribution in [0.1, 0.15) is 18.5 Å². The maximum atomic E-state index is 12.9. The van der Waals surface area contributed by atoms with Crippen LogP contribution in [-0.2, 0) is 17.1 Å². The molecule has 0 amide bonds. The predicted molar refractivity (Wildman–Crippen MR) is 92.4 cm³/mol. The molecule has 1 aliphatic rings. The van der Waals surface area contributed by atoms with Gasteiger partial charge in [-0.05, 0) is 31.9 Å². The zero-order chi connectivity index (χ0) is 17.3. The molecule has 8 heteroatoms. The highest BCUT2D eigenvalue weighted by molar-refractivity contribution is 7.89. The van der Waals surface area contributed by atoms with E-state index in [1.54, 1.807) is 33.4 Å². The molecule has 1 atom stereocenters. The molecule has 3 rings (SSSR count). The van der Waals surface area contributed by atoms with Crippen LogP contribution in [0.2, 0.25) is 0 Å². The summed E-state index contributed by atoms with van der Waals surface area (Å²) < 4.78 is 28.9. The van der Waals surface area contributed by atoms with Crippen molar-refractivity contribution in [3.63, 3.8) is 0 Å². The Morgan fingerprint density at radius 2 is 2.12 bits per heavy atom. The third-order valence-electron chi connectivity index (χ3n) is 4.51. The molecule has 0 radical (unpaired) electrons. The Hall–Kier alpha value is -1.93. The molecular weight excluding hydrogens is 326 g/mol. The molecular formula is C16H23N5O2S. The molecule has 2 aromatic rings. The molecule has 0 saturated carbocycles. The second-order valence-electron chi connectivity index (χ2n) is 6.20. The average molecular weight is 349 g/mol. The largest absolute Gasteiger partial charge is 0.355 e.